The zero-order valence-corrected chi connectivity index (χ0v) is 21.4. The van der Waals surface area contributed by atoms with Crippen molar-refractivity contribution in [3.63, 3.8) is 0 Å². The molecule has 190 valence electrons. The Balaban J connectivity index is 1.50. The van der Waals surface area contributed by atoms with E-state index >= 15 is 0 Å². The molecule has 0 atom stereocenters. The van der Waals surface area contributed by atoms with E-state index < -0.39 is 16.9 Å². The lowest BCUT2D eigenvalue weighted by Gasteiger charge is -2.31. The van der Waals surface area contributed by atoms with Gasteiger partial charge in [0.25, 0.3) is 5.91 Å². The molecule has 1 aliphatic heterocycles. The molecule has 3 aromatic rings. The second kappa shape index (κ2) is 10.3. The van der Waals surface area contributed by atoms with E-state index in [4.69, 9.17) is 4.99 Å². The number of amidine groups is 1. The van der Waals surface area contributed by atoms with Gasteiger partial charge in [-0.1, -0.05) is 111 Å². The van der Waals surface area contributed by atoms with Crippen LogP contribution in [0.2, 0.25) is 0 Å². The third-order valence-corrected chi connectivity index (χ3v) is 7.94. The number of carbonyl (C=O) groups excluding carboxylic acids is 1. The third-order valence-electron chi connectivity index (χ3n) is 7.94. The average Bonchev–Trinajstić information content (AvgIpc) is 3.50. The number of benzene rings is 3. The maximum absolute atomic E-state index is 13.5. The molecular weight excluding hydrogens is 460 g/mol. The molecule has 1 saturated carbocycles. The van der Waals surface area contributed by atoms with Crippen LogP contribution in [0.15, 0.2) is 89.9 Å². The molecular formula is C32H34N2O3. The number of aliphatic imine (C=N–C) groups is 1. The van der Waals surface area contributed by atoms with Gasteiger partial charge in [-0.05, 0) is 41.5 Å². The second-order valence-corrected chi connectivity index (χ2v) is 10.2. The van der Waals surface area contributed by atoms with E-state index in [-0.39, 0.29) is 5.91 Å². The first-order chi connectivity index (χ1) is 18.0. The van der Waals surface area contributed by atoms with E-state index in [0.717, 1.165) is 56.3 Å². The van der Waals surface area contributed by atoms with Gasteiger partial charge >= 0.3 is 5.97 Å². The van der Waals surface area contributed by atoms with E-state index in [2.05, 4.69) is 6.92 Å². The minimum Gasteiger partial charge on any atom is -0.480 e. The summed E-state index contributed by atoms with van der Waals surface area (Å²) < 4.78 is 0. The summed E-state index contributed by atoms with van der Waals surface area (Å²) in [4.78, 5) is 33.4. The largest absolute Gasteiger partial charge is 0.480 e. The highest BCUT2D eigenvalue weighted by atomic mass is 16.4. The van der Waals surface area contributed by atoms with Crippen LogP contribution in [0.1, 0.15) is 74.1 Å². The number of unbranched alkanes of at least 4 members (excludes halogenated alkanes) is 1. The Kier molecular flexibility index (Phi) is 6.96. The molecule has 2 aliphatic rings. The summed E-state index contributed by atoms with van der Waals surface area (Å²) in [5.74, 6) is 0.115. The van der Waals surface area contributed by atoms with Crippen LogP contribution in [0.4, 0.5) is 0 Å². The van der Waals surface area contributed by atoms with Crippen LogP contribution in [0.3, 0.4) is 0 Å². The Labute approximate surface area is 218 Å². The Morgan fingerprint density at radius 3 is 1.95 bits per heavy atom. The minimum absolute atomic E-state index is 0.133. The second-order valence-electron chi connectivity index (χ2n) is 10.2. The summed E-state index contributed by atoms with van der Waals surface area (Å²) >= 11 is 0. The first-order valence-corrected chi connectivity index (χ1v) is 13.4. The quantitative estimate of drug-likeness (QED) is 0.353. The van der Waals surface area contributed by atoms with Crippen molar-refractivity contribution in [1.82, 2.24) is 4.90 Å². The van der Waals surface area contributed by atoms with Gasteiger partial charge in [-0.2, -0.15) is 0 Å². The van der Waals surface area contributed by atoms with Crippen molar-refractivity contribution in [2.45, 2.75) is 69.4 Å². The number of carboxylic acids is 1. The predicted molar refractivity (Wildman–Crippen MR) is 146 cm³/mol. The standard InChI is InChI=1S/C32H34N2O3/c1-2-3-16-28-33-31(21-10-11-22-31)29(35)34(28)23-24-17-19-27(20-18-24)32(30(36)37,25-12-6-4-7-13-25)26-14-8-5-9-15-26/h4-9,12-15,17-20H,2-3,10-11,16,21-23H2,1H3,(H,36,37). The molecule has 1 N–H and O–H groups in total. The zero-order valence-electron chi connectivity index (χ0n) is 21.4. The van der Waals surface area contributed by atoms with Crippen LogP contribution in [0.25, 0.3) is 0 Å². The third kappa shape index (κ3) is 4.37. The van der Waals surface area contributed by atoms with E-state index in [9.17, 15) is 14.7 Å². The van der Waals surface area contributed by atoms with E-state index in [1.165, 1.54) is 0 Å². The summed E-state index contributed by atoms with van der Waals surface area (Å²) in [5, 5.41) is 10.7. The molecule has 1 heterocycles. The first-order valence-electron chi connectivity index (χ1n) is 13.4. The lowest BCUT2D eigenvalue weighted by Crippen LogP contribution is -2.40. The average molecular weight is 495 g/mol. The van der Waals surface area contributed by atoms with Crippen molar-refractivity contribution in [3.8, 4) is 0 Å². The fourth-order valence-corrected chi connectivity index (χ4v) is 5.99. The maximum Gasteiger partial charge on any atom is 0.323 e. The Hall–Kier alpha value is -3.73. The van der Waals surface area contributed by atoms with Crippen molar-refractivity contribution in [3.05, 3.63) is 107 Å². The molecule has 3 aromatic carbocycles. The number of carboxylic acid groups (broad SMARTS) is 1. The van der Waals surface area contributed by atoms with Crippen molar-refractivity contribution in [2.24, 2.45) is 4.99 Å². The molecule has 37 heavy (non-hydrogen) atoms. The predicted octanol–water partition coefficient (Wildman–Crippen LogP) is 6.35. The zero-order chi connectivity index (χ0) is 25.9. The number of hydrogen-bond donors (Lipinski definition) is 1. The lowest BCUT2D eigenvalue weighted by atomic mass is 9.69. The molecule has 5 heteroatoms. The van der Waals surface area contributed by atoms with Gasteiger partial charge in [0.1, 0.15) is 16.8 Å². The summed E-state index contributed by atoms with van der Waals surface area (Å²) in [7, 11) is 0. The van der Waals surface area contributed by atoms with E-state index in [1.807, 2.05) is 89.8 Å². The molecule has 1 aliphatic carbocycles. The topological polar surface area (TPSA) is 70.0 Å². The number of aliphatic carboxylic acids is 1. The molecule has 0 aromatic heterocycles. The van der Waals surface area contributed by atoms with Crippen LogP contribution in [-0.4, -0.2) is 33.3 Å². The molecule has 5 rings (SSSR count). The summed E-state index contributed by atoms with van der Waals surface area (Å²) in [6.07, 6.45) is 6.65. The smallest absolute Gasteiger partial charge is 0.323 e. The van der Waals surface area contributed by atoms with Crippen molar-refractivity contribution in [2.75, 3.05) is 0 Å². The molecule has 0 unspecified atom stereocenters. The molecule has 1 spiro atoms. The summed E-state index contributed by atoms with van der Waals surface area (Å²) in [6, 6.07) is 26.5. The number of amides is 1. The van der Waals surface area contributed by atoms with Gasteiger partial charge in [0.05, 0.1) is 6.54 Å². The SMILES string of the molecule is CCCCC1=NC2(CCCC2)C(=O)N1Cc1ccc(C(C(=O)O)(c2ccccc2)c2ccccc2)cc1. The fraction of sp³-hybridized carbons (Fsp3) is 0.344. The van der Waals surface area contributed by atoms with Crippen LogP contribution in [-0.2, 0) is 21.5 Å². The monoisotopic (exact) mass is 494 g/mol. The summed E-state index contributed by atoms with van der Waals surface area (Å²) in [6.45, 7) is 2.61. The van der Waals surface area contributed by atoms with Gasteiger partial charge in [0.15, 0.2) is 0 Å². The molecule has 0 radical (unpaired) electrons. The van der Waals surface area contributed by atoms with Gasteiger partial charge < -0.3 is 5.11 Å². The van der Waals surface area contributed by atoms with E-state index in [0.29, 0.717) is 23.2 Å². The van der Waals surface area contributed by atoms with Gasteiger partial charge in [0.2, 0.25) is 0 Å². The van der Waals surface area contributed by atoms with Gasteiger partial charge in [0, 0.05) is 6.42 Å². The van der Waals surface area contributed by atoms with Gasteiger partial charge in [-0.15, -0.1) is 0 Å². The van der Waals surface area contributed by atoms with Crippen LogP contribution >= 0.6 is 0 Å². The Morgan fingerprint density at radius 1 is 0.892 bits per heavy atom. The highest BCUT2D eigenvalue weighted by Gasteiger charge is 2.49. The van der Waals surface area contributed by atoms with Gasteiger partial charge in [-0.25, -0.2) is 0 Å². The van der Waals surface area contributed by atoms with Crippen LogP contribution < -0.4 is 0 Å². The van der Waals surface area contributed by atoms with Crippen molar-refractivity contribution < 1.29 is 14.7 Å². The molecule has 0 saturated heterocycles. The van der Waals surface area contributed by atoms with Crippen molar-refractivity contribution >= 4 is 17.7 Å². The Morgan fingerprint density at radius 2 is 1.43 bits per heavy atom. The Bertz CT molecular complexity index is 1240. The molecule has 1 fully saturated rings. The minimum atomic E-state index is -1.34. The first kappa shape index (κ1) is 24.9. The number of hydrogen-bond acceptors (Lipinski definition) is 3. The lowest BCUT2D eigenvalue weighted by molar-refractivity contribution is -0.140. The van der Waals surface area contributed by atoms with E-state index in [1.54, 1.807) is 0 Å². The maximum atomic E-state index is 13.5. The van der Waals surface area contributed by atoms with Crippen molar-refractivity contribution in [1.29, 1.82) is 0 Å². The highest BCUT2D eigenvalue weighted by molar-refractivity contribution is 6.08. The highest BCUT2D eigenvalue weighted by Crippen LogP contribution is 2.41. The molecule has 5 nitrogen and oxygen atoms in total. The fourth-order valence-electron chi connectivity index (χ4n) is 5.99. The summed E-state index contributed by atoms with van der Waals surface area (Å²) in [5.41, 5.74) is 1.16. The number of nitrogens with zero attached hydrogens (tertiary/aromatic N) is 2. The molecule has 1 amide bonds. The number of rotatable bonds is 9. The normalized spacial score (nSPS) is 16.8. The molecule has 0 bridgehead atoms. The van der Waals surface area contributed by atoms with Gasteiger partial charge in [-0.3, -0.25) is 19.5 Å². The van der Waals surface area contributed by atoms with Crippen LogP contribution in [0, 0.1) is 0 Å². The van der Waals surface area contributed by atoms with Crippen LogP contribution in [0.5, 0.6) is 0 Å². The number of carbonyl (C=O) groups is 2.